The molecule has 8 heteroatoms. The summed E-state index contributed by atoms with van der Waals surface area (Å²) >= 11 is 0. The lowest BCUT2D eigenvalue weighted by atomic mass is 10.1. The van der Waals surface area contributed by atoms with Crippen LogP contribution in [0.4, 0.5) is 0 Å². The summed E-state index contributed by atoms with van der Waals surface area (Å²) in [6, 6.07) is 11.7. The van der Waals surface area contributed by atoms with Crippen molar-refractivity contribution < 1.29 is 9.15 Å². The van der Waals surface area contributed by atoms with E-state index < -0.39 is 0 Å². The molecule has 0 saturated heterocycles. The second-order valence-corrected chi connectivity index (χ2v) is 6.80. The van der Waals surface area contributed by atoms with Gasteiger partial charge >= 0.3 is 0 Å². The number of ether oxygens (including phenoxy) is 1. The van der Waals surface area contributed by atoms with Crippen molar-refractivity contribution in [2.75, 3.05) is 7.11 Å². The second kappa shape index (κ2) is 7.26. The Labute approximate surface area is 172 Å². The Morgan fingerprint density at radius 2 is 2.00 bits per heavy atom. The molecule has 0 unspecified atom stereocenters. The van der Waals surface area contributed by atoms with Gasteiger partial charge in [-0.15, -0.1) is 0 Å². The molecule has 0 radical (unpaired) electrons. The molecular weight excluding hydrogens is 380 g/mol. The fourth-order valence-corrected chi connectivity index (χ4v) is 3.44. The van der Waals surface area contributed by atoms with Gasteiger partial charge < -0.3 is 14.1 Å². The second-order valence-electron chi connectivity index (χ2n) is 6.80. The average molecular weight is 398 g/mol. The first-order chi connectivity index (χ1) is 14.4. The van der Waals surface area contributed by atoms with Gasteiger partial charge in [0, 0.05) is 24.4 Å². The van der Waals surface area contributed by atoms with Gasteiger partial charge in [0.05, 0.1) is 23.7 Å². The average Bonchev–Trinajstić information content (AvgIpc) is 3.40. The zero-order valence-corrected chi connectivity index (χ0v) is 16.9. The molecule has 0 aliphatic heterocycles. The zero-order valence-electron chi connectivity index (χ0n) is 16.9. The Morgan fingerprint density at radius 1 is 1.20 bits per heavy atom. The molecule has 0 saturated carbocycles. The Kier molecular flexibility index (Phi) is 4.61. The van der Waals surface area contributed by atoms with E-state index in [1.54, 1.807) is 20.1 Å². The van der Waals surface area contributed by atoms with Crippen molar-refractivity contribution in [1.82, 2.24) is 19.5 Å². The molecule has 4 rings (SSSR count). The fraction of sp³-hybridized carbons (Fsp3) is 0.182. The molecule has 0 amide bonds. The van der Waals surface area contributed by atoms with Gasteiger partial charge in [-0.1, -0.05) is 0 Å². The third kappa shape index (κ3) is 3.11. The number of hydrogen-bond donors (Lipinski definition) is 1. The van der Waals surface area contributed by atoms with Crippen LogP contribution in [-0.2, 0) is 0 Å². The van der Waals surface area contributed by atoms with E-state index in [0.29, 0.717) is 28.9 Å². The number of nitrogens with one attached hydrogen (secondary N) is 1. The highest BCUT2D eigenvalue weighted by atomic mass is 16.5. The number of nitriles is 2. The number of allylic oxidation sites excluding steroid dienone is 1. The van der Waals surface area contributed by atoms with Crippen LogP contribution < -0.4 is 4.74 Å². The smallest absolute Gasteiger partial charge is 0.243 e. The summed E-state index contributed by atoms with van der Waals surface area (Å²) < 4.78 is 12.7. The summed E-state index contributed by atoms with van der Waals surface area (Å²) in [4.78, 5) is 11.8. The van der Waals surface area contributed by atoms with Gasteiger partial charge in [0.15, 0.2) is 5.89 Å². The van der Waals surface area contributed by atoms with Crippen LogP contribution in [0.2, 0.25) is 0 Å². The number of H-pyrrole nitrogens is 1. The maximum absolute atomic E-state index is 9.75. The lowest BCUT2D eigenvalue weighted by Crippen LogP contribution is -2.00. The van der Waals surface area contributed by atoms with E-state index in [1.807, 2.05) is 42.7 Å². The normalized spacial score (nSPS) is 11.5. The van der Waals surface area contributed by atoms with Crippen LogP contribution >= 0.6 is 0 Å². The number of hydrogen-bond acceptors (Lipinski definition) is 6. The van der Waals surface area contributed by atoms with Crippen LogP contribution in [0.1, 0.15) is 34.4 Å². The van der Waals surface area contributed by atoms with Crippen LogP contribution in [-0.4, -0.2) is 26.6 Å². The Hall–Kier alpha value is -4.30. The van der Waals surface area contributed by atoms with E-state index in [-0.39, 0.29) is 5.69 Å². The first-order valence-electron chi connectivity index (χ1n) is 9.18. The topological polar surface area (TPSA) is 116 Å². The number of oxazole rings is 1. The van der Waals surface area contributed by atoms with Gasteiger partial charge in [0.25, 0.3) is 0 Å². The number of imidazole rings is 1. The predicted octanol–water partition coefficient (Wildman–Crippen LogP) is 4.21. The number of nitrogens with zero attached hydrogens (tertiary/aromatic N) is 5. The number of aromatic nitrogens is 4. The predicted molar refractivity (Wildman–Crippen MR) is 111 cm³/mol. The van der Waals surface area contributed by atoms with E-state index in [9.17, 15) is 10.5 Å². The first kappa shape index (κ1) is 19.0. The number of aromatic amines is 1. The third-order valence-electron chi connectivity index (χ3n) is 4.86. The van der Waals surface area contributed by atoms with Gasteiger partial charge in [-0.25, -0.2) is 9.97 Å². The van der Waals surface area contributed by atoms with Crippen molar-refractivity contribution >= 4 is 22.7 Å². The third-order valence-corrected chi connectivity index (χ3v) is 4.86. The standard InChI is InChI=1S/C22H18N6O2/c1-12-7-15(13(2)28(12)22-20(11-24)25-14(3)30-22)8-16(10-23)21-26-18-6-5-17(29-4)9-19(18)27-21/h5-9H,1-4H3,(H,26,27)/b16-8+. The molecule has 0 aliphatic rings. The zero-order chi connectivity index (χ0) is 21.4. The molecule has 3 heterocycles. The highest BCUT2D eigenvalue weighted by Crippen LogP contribution is 2.28. The van der Waals surface area contributed by atoms with Crippen molar-refractivity contribution in [2.24, 2.45) is 0 Å². The molecule has 30 heavy (non-hydrogen) atoms. The molecule has 0 fully saturated rings. The monoisotopic (exact) mass is 398 g/mol. The molecule has 0 aliphatic carbocycles. The van der Waals surface area contributed by atoms with Crippen molar-refractivity contribution in [3.63, 3.8) is 0 Å². The van der Waals surface area contributed by atoms with Gasteiger partial charge in [0.1, 0.15) is 23.7 Å². The number of benzene rings is 1. The van der Waals surface area contributed by atoms with Gasteiger partial charge in [0.2, 0.25) is 11.6 Å². The molecule has 0 spiro atoms. The minimum absolute atomic E-state index is 0.219. The molecule has 4 aromatic rings. The largest absolute Gasteiger partial charge is 0.497 e. The van der Waals surface area contributed by atoms with Crippen molar-refractivity contribution in [1.29, 1.82) is 10.5 Å². The molecule has 148 valence electrons. The van der Waals surface area contributed by atoms with Crippen LogP contribution in [0.3, 0.4) is 0 Å². The van der Waals surface area contributed by atoms with E-state index in [4.69, 9.17) is 9.15 Å². The first-order valence-corrected chi connectivity index (χ1v) is 9.18. The Balaban J connectivity index is 1.81. The number of aryl methyl sites for hydroxylation is 2. The van der Waals surface area contributed by atoms with Crippen LogP contribution in [0.5, 0.6) is 5.75 Å². The lowest BCUT2D eigenvalue weighted by Gasteiger charge is -2.05. The highest BCUT2D eigenvalue weighted by Gasteiger charge is 2.19. The van der Waals surface area contributed by atoms with Crippen molar-refractivity contribution in [3.05, 3.63) is 58.6 Å². The molecule has 1 N–H and O–H groups in total. The van der Waals surface area contributed by atoms with Crippen molar-refractivity contribution in [3.8, 4) is 23.8 Å². The maximum atomic E-state index is 9.75. The lowest BCUT2D eigenvalue weighted by molar-refractivity contribution is 0.415. The number of methoxy groups -OCH3 is 1. The summed E-state index contributed by atoms with van der Waals surface area (Å²) in [5, 5.41) is 19.1. The quantitative estimate of drug-likeness (QED) is 0.515. The molecular formula is C22H18N6O2. The summed E-state index contributed by atoms with van der Waals surface area (Å²) in [5.74, 6) is 1.97. The van der Waals surface area contributed by atoms with Crippen LogP contribution in [0, 0.1) is 43.4 Å². The maximum Gasteiger partial charge on any atom is 0.243 e. The summed E-state index contributed by atoms with van der Waals surface area (Å²) in [5.41, 5.74) is 4.64. The van der Waals surface area contributed by atoms with E-state index in [1.165, 1.54) is 0 Å². The number of rotatable bonds is 4. The summed E-state index contributed by atoms with van der Waals surface area (Å²) in [6.07, 6.45) is 1.77. The number of fused-ring (bicyclic) bond motifs is 1. The van der Waals surface area contributed by atoms with Crippen LogP contribution in [0.15, 0.2) is 28.7 Å². The molecule has 0 bridgehead atoms. The molecule has 1 aromatic carbocycles. The summed E-state index contributed by atoms with van der Waals surface area (Å²) in [7, 11) is 1.60. The van der Waals surface area contributed by atoms with Gasteiger partial charge in [-0.3, -0.25) is 4.57 Å². The minimum atomic E-state index is 0.219. The van der Waals surface area contributed by atoms with E-state index >= 15 is 0 Å². The Morgan fingerprint density at radius 3 is 2.70 bits per heavy atom. The fourth-order valence-electron chi connectivity index (χ4n) is 3.44. The summed E-state index contributed by atoms with van der Waals surface area (Å²) in [6.45, 7) is 5.50. The molecule has 8 nitrogen and oxygen atoms in total. The van der Waals surface area contributed by atoms with E-state index in [0.717, 1.165) is 28.0 Å². The van der Waals surface area contributed by atoms with Gasteiger partial charge in [-0.05, 0) is 43.7 Å². The van der Waals surface area contributed by atoms with Crippen LogP contribution in [0.25, 0.3) is 28.6 Å². The minimum Gasteiger partial charge on any atom is -0.497 e. The SMILES string of the molecule is COc1ccc2nc(/C(C#N)=C/c3cc(C)n(-c4oc(C)nc4C#N)c3C)[nH]c2c1. The highest BCUT2D eigenvalue weighted by molar-refractivity contribution is 5.91. The molecule has 0 atom stereocenters. The van der Waals surface area contributed by atoms with Gasteiger partial charge in [-0.2, -0.15) is 10.5 Å². The Bertz CT molecular complexity index is 1390. The molecule has 3 aromatic heterocycles. The van der Waals surface area contributed by atoms with E-state index in [2.05, 4.69) is 27.1 Å². The van der Waals surface area contributed by atoms with Crippen molar-refractivity contribution in [2.45, 2.75) is 20.8 Å².